The summed E-state index contributed by atoms with van der Waals surface area (Å²) in [5.74, 6) is 0. The van der Waals surface area contributed by atoms with E-state index in [0.29, 0.717) is 5.41 Å². The highest BCUT2D eigenvalue weighted by Gasteiger charge is 2.26. The Labute approximate surface area is 137 Å². The molecule has 0 aromatic rings. The Morgan fingerprint density at radius 1 is 1.00 bits per heavy atom. The van der Waals surface area contributed by atoms with Crippen molar-refractivity contribution >= 4 is 0 Å². The highest BCUT2D eigenvalue weighted by molar-refractivity contribution is 5.42. The second-order valence-electron chi connectivity index (χ2n) is 7.77. The summed E-state index contributed by atoms with van der Waals surface area (Å²) in [6, 6.07) is 0. The van der Waals surface area contributed by atoms with Crippen LogP contribution in [0.2, 0.25) is 0 Å². The third-order valence-electron chi connectivity index (χ3n) is 5.49. The second kappa shape index (κ2) is 6.86. The van der Waals surface area contributed by atoms with Crippen molar-refractivity contribution in [3.63, 3.8) is 0 Å². The minimum atomic E-state index is 0.333. The van der Waals surface area contributed by atoms with Crippen LogP contribution in [0, 0.1) is 5.41 Å². The van der Waals surface area contributed by atoms with Gasteiger partial charge in [-0.3, -0.25) is 0 Å². The van der Waals surface area contributed by atoms with Gasteiger partial charge < -0.3 is 0 Å². The zero-order valence-corrected chi connectivity index (χ0v) is 15.3. The lowest BCUT2D eigenvalue weighted by Crippen LogP contribution is -2.19. The number of rotatable bonds is 3. The molecule has 2 rings (SSSR count). The Morgan fingerprint density at radius 3 is 2.32 bits per heavy atom. The third-order valence-corrected chi connectivity index (χ3v) is 5.49. The van der Waals surface area contributed by atoms with Gasteiger partial charge in [0.2, 0.25) is 0 Å². The van der Waals surface area contributed by atoms with Crippen molar-refractivity contribution in [2.75, 3.05) is 0 Å². The van der Waals surface area contributed by atoms with E-state index in [0.717, 1.165) is 0 Å². The van der Waals surface area contributed by atoms with Crippen LogP contribution in [0.3, 0.4) is 0 Å². The number of hydrogen-bond acceptors (Lipinski definition) is 0. The van der Waals surface area contributed by atoms with Gasteiger partial charge in [0, 0.05) is 0 Å². The van der Waals surface area contributed by atoms with Gasteiger partial charge in [-0.1, -0.05) is 54.9 Å². The van der Waals surface area contributed by atoms with Crippen LogP contribution in [0.5, 0.6) is 0 Å². The van der Waals surface area contributed by atoms with Crippen LogP contribution in [0.4, 0.5) is 0 Å². The van der Waals surface area contributed by atoms with E-state index in [9.17, 15) is 0 Å². The fourth-order valence-electron chi connectivity index (χ4n) is 3.69. The fourth-order valence-corrected chi connectivity index (χ4v) is 3.69. The van der Waals surface area contributed by atoms with E-state index in [-0.39, 0.29) is 0 Å². The summed E-state index contributed by atoms with van der Waals surface area (Å²) in [7, 11) is 0. The summed E-state index contributed by atoms with van der Waals surface area (Å²) in [5.41, 5.74) is 9.36. The minimum absolute atomic E-state index is 0.333. The maximum atomic E-state index is 2.38. The molecule has 0 saturated carbocycles. The summed E-state index contributed by atoms with van der Waals surface area (Å²) in [4.78, 5) is 0. The quantitative estimate of drug-likeness (QED) is 0.488. The van der Waals surface area contributed by atoms with Crippen molar-refractivity contribution in [2.45, 2.75) is 73.6 Å². The Morgan fingerprint density at radius 2 is 1.73 bits per heavy atom. The normalized spacial score (nSPS) is 25.0. The van der Waals surface area contributed by atoms with E-state index in [1.807, 2.05) is 0 Å². The molecular formula is C22H32. The molecule has 2 aliphatic carbocycles. The Bertz CT molecular complexity index is 586. The zero-order valence-electron chi connectivity index (χ0n) is 15.3. The molecule has 0 N–H and O–H groups in total. The van der Waals surface area contributed by atoms with E-state index in [1.54, 1.807) is 16.7 Å². The van der Waals surface area contributed by atoms with E-state index >= 15 is 0 Å². The zero-order chi connectivity index (χ0) is 16.3. The van der Waals surface area contributed by atoms with Gasteiger partial charge in [-0.05, 0) is 81.9 Å². The van der Waals surface area contributed by atoms with Crippen molar-refractivity contribution in [3.8, 4) is 0 Å². The van der Waals surface area contributed by atoms with Crippen molar-refractivity contribution < 1.29 is 0 Å². The molecule has 0 aromatic heterocycles. The first kappa shape index (κ1) is 17.1. The van der Waals surface area contributed by atoms with Crippen LogP contribution in [0.25, 0.3) is 0 Å². The maximum absolute atomic E-state index is 2.38. The molecule has 0 spiro atoms. The molecule has 0 nitrogen and oxygen atoms in total. The fraction of sp³-hybridized carbons (Fsp3) is 0.545. The Balaban J connectivity index is 2.13. The van der Waals surface area contributed by atoms with Gasteiger partial charge in [-0.15, -0.1) is 0 Å². The van der Waals surface area contributed by atoms with Crippen LogP contribution in [-0.4, -0.2) is 0 Å². The Hall–Kier alpha value is -1.30. The van der Waals surface area contributed by atoms with Crippen molar-refractivity contribution in [1.82, 2.24) is 0 Å². The molecular weight excluding hydrogens is 264 g/mol. The van der Waals surface area contributed by atoms with Crippen molar-refractivity contribution in [1.29, 1.82) is 0 Å². The topological polar surface area (TPSA) is 0 Å². The minimum Gasteiger partial charge on any atom is -0.0698 e. The molecule has 22 heavy (non-hydrogen) atoms. The molecule has 0 atom stereocenters. The summed E-state index contributed by atoms with van der Waals surface area (Å²) < 4.78 is 0. The average Bonchev–Trinajstić information content (AvgIpc) is 2.75. The van der Waals surface area contributed by atoms with Crippen molar-refractivity contribution in [2.24, 2.45) is 5.41 Å². The van der Waals surface area contributed by atoms with Crippen molar-refractivity contribution in [3.05, 3.63) is 57.7 Å². The summed E-state index contributed by atoms with van der Waals surface area (Å²) in [5, 5.41) is 0. The predicted molar refractivity (Wildman–Crippen MR) is 98.9 cm³/mol. The molecule has 0 fully saturated rings. The summed E-state index contributed by atoms with van der Waals surface area (Å²) >= 11 is 0. The first-order chi connectivity index (χ1) is 10.3. The first-order valence-electron chi connectivity index (χ1n) is 8.74. The van der Waals surface area contributed by atoms with Crippen LogP contribution in [-0.2, 0) is 0 Å². The molecule has 0 saturated heterocycles. The van der Waals surface area contributed by atoms with Gasteiger partial charge in [0.25, 0.3) is 0 Å². The SMILES string of the molecule is CC1=C(C)\C(=C/C=C(C)/C=C/C2=C(C)CCCC2(C)C)CC1. The van der Waals surface area contributed by atoms with E-state index in [4.69, 9.17) is 0 Å². The van der Waals surface area contributed by atoms with Gasteiger partial charge in [0.1, 0.15) is 0 Å². The van der Waals surface area contributed by atoms with Gasteiger partial charge in [0.05, 0.1) is 0 Å². The summed E-state index contributed by atoms with van der Waals surface area (Å²) in [6.07, 6.45) is 15.6. The second-order valence-corrected chi connectivity index (χ2v) is 7.77. The number of hydrogen-bond donors (Lipinski definition) is 0. The lowest BCUT2D eigenvalue weighted by molar-refractivity contribution is 0.377. The Kier molecular flexibility index (Phi) is 5.32. The van der Waals surface area contributed by atoms with Crippen LogP contribution in [0.1, 0.15) is 73.6 Å². The summed E-state index contributed by atoms with van der Waals surface area (Å²) in [6.45, 7) is 13.8. The molecule has 0 unspecified atom stereocenters. The first-order valence-corrected chi connectivity index (χ1v) is 8.74. The highest BCUT2D eigenvalue weighted by Crippen LogP contribution is 2.40. The molecule has 0 amide bonds. The number of allylic oxidation sites excluding steroid dienone is 10. The molecule has 0 bridgehead atoms. The lowest BCUT2D eigenvalue weighted by atomic mass is 9.72. The molecule has 0 aromatic carbocycles. The predicted octanol–water partition coefficient (Wildman–Crippen LogP) is 7.07. The van der Waals surface area contributed by atoms with Gasteiger partial charge in [-0.25, -0.2) is 0 Å². The monoisotopic (exact) mass is 296 g/mol. The van der Waals surface area contributed by atoms with E-state index < -0.39 is 0 Å². The van der Waals surface area contributed by atoms with Gasteiger partial charge in [-0.2, -0.15) is 0 Å². The van der Waals surface area contributed by atoms with Crippen LogP contribution < -0.4 is 0 Å². The van der Waals surface area contributed by atoms with Crippen LogP contribution >= 0.6 is 0 Å². The molecule has 0 aliphatic heterocycles. The molecule has 0 heteroatoms. The largest absolute Gasteiger partial charge is 0.0698 e. The smallest absolute Gasteiger partial charge is 0.0104 e. The molecule has 0 radical (unpaired) electrons. The van der Waals surface area contributed by atoms with Crippen LogP contribution in [0.15, 0.2) is 57.7 Å². The molecule has 120 valence electrons. The van der Waals surface area contributed by atoms with Gasteiger partial charge >= 0.3 is 0 Å². The standard InChI is InChI=1S/C22H32/c1-16(9-12-20-13-11-17(2)19(20)4)10-14-21-18(3)8-7-15-22(21,5)6/h9-10,12,14H,7-8,11,13,15H2,1-6H3/b14-10+,16-9+,20-12-. The van der Waals surface area contributed by atoms with E-state index in [1.165, 1.54) is 48.8 Å². The highest BCUT2D eigenvalue weighted by atomic mass is 14.3. The molecule has 0 heterocycles. The molecule has 2 aliphatic rings. The van der Waals surface area contributed by atoms with E-state index in [2.05, 4.69) is 65.8 Å². The third kappa shape index (κ3) is 3.91. The lowest BCUT2D eigenvalue weighted by Gasteiger charge is -2.32. The average molecular weight is 296 g/mol. The maximum Gasteiger partial charge on any atom is -0.0104 e. The van der Waals surface area contributed by atoms with Gasteiger partial charge in [0.15, 0.2) is 0 Å².